The van der Waals surface area contributed by atoms with E-state index < -0.39 is 0 Å². The summed E-state index contributed by atoms with van der Waals surface area (Å²) < 4.78 is 0.950. The number of nitrogens with zero attached hydrogens (tertiary/aromatic N) is 2. The van der Waals surface area contributed by atoms with Crippen molar-refractivity contribution in [2.45, 2.75) is 0 Å². The molecule has 0 spiro atoms. The van der Waals surface area contributed by atoms with Crippen LogP contribution in [-0.2, 0) is 0 Å². The number of rotatable bonds is 4. The van der Waals surface area contributed by atoms with Crippen molar-refractivity contribution in [1.82, 2.24) is 9.97 Å². The highest BCUT2D eigenvalue weighted by atomic mass is 79.9. The number of hydrazone groups is 1. The summed E-state index contributed by atoms with van der Waals surface area (Å²) in [6, 6.07) is 20.1. The van der Waals surface area contributed by atoms with E-state index in [0.717, 1.165) is 20.8 Å². The minimum absolute atomic E-state index is 0.111. The molecule has 1 heterocycles. The zero-order valence-corrected chi connectivity index (χ0v) is 16.1. The van der Waals surface area contributed by atoms with Crippen molar-refractivity contribution < 1.29 is 5.11 Å². The zero-order chi connectivity index (χ0) is 19.5. The second-order valence-corrected chi connectivity index (χ2v) is 6.99. The SMILES string of the molecule is O=c1cc(-c2ccccc2)nc(N/N=C\c2c(O)ccc3cc(Br)ccc23)[nH]1. The number of aromatic nitrogens is 2. The Morgan fingerprint density at radius 2 is 1.89 bits per heavy atom. The van der Waals surface area contributed by atoms with Crippen molar-refractivity contribution in [2.24, 2.45) is 5.10 Å². The molecule has 0 unspecified atom stereocenters. The number of anilines is 1. The number of hydrogen-bond acceptors (Lipinski definition) is 5. The number of aromatic hydroxyl groups is 1. The predicted octanol–water partition coefficient (Wildman–Crippen LogP) is 4.50. The number of phenolic OH excluding ortho intramolecular Hbond substituents is 1. The normalized spacial score (nSPS) is 11.2. The van der Waals surface area contributed by atoms with Gasteiger partial charge in [-0.15, -0.1) is 0 Å². The van der Waals surface area contributed by atoms with Crippen LogP contribution in [-0.4, -0.2) is 21.3 Å². The Bertz CT molecular complexity index is 1240. The van der Waals surface area contributed by atoms with Crippen LogP contribution in [0.2, 0.25) is 0 Å². The number of aromatic amines is 1. The highest BCUT2D eigenvalue weighted by Crippen LogP contribution is 2.28. The Morgan fingerprint density at radius 3 is 2.71 bits per heavy atom. The summed E-state index contributed by atoms with van der Waals surface area (Å²) in [5.41, 5.74) is 4.38. The molecule has 28 heavy (non-hydrogen) atoms. The van der Waals surface area contributed by atoms with E-state index >= 15 is 0 Å². The molecule has 6 nitrogen and oxygen atoms in total. The monoisotopic (exact) mass is 434 g/mol. The molecule has 0 aliphatic heterocycles. The second-order valence-electron chi connectivity index (χ2n) is 6.08. The van der Waals surface area contributed by atoms with Gasteiger partial charge in [-0.05, 0) is 29.0 Å². The van der Waals surface area contributed by atoms with E-state index in [9.17, 15) is 9.90 Å². The second kappa shape index (κ2) is 7.66. The minimum Gasteiger partial charge on any atom is -0.507 e. The highest BCUT2D eigenvalue weighted by Gasteiger charge is 2.06. The molecular formula is C21H15BrN4O2. The van der Waals surface area contributed by atoms with Gasteiger partial charge in [-0.1, -0.05) is 58.4 Å². The quantitative estimate of drug-likeness (QED) is 0.325. The van der Waals surface area contributed by atoms with Crippen LogP contribution in [0.5, 0.6) is 5.75 Å². The smallest absolute Gasteiger partial charge is 0.252 e. The zero-order valence-electron chi connectivity index (χ0n) is 14.6. The molecule has 0 saturated heterocycles. The number of H-pyrrole nitrogens is 1. The summed E-state index contributed by atoms with van der Waals surface area (Å²) in [6.45, 7) is 0. The largest absolute Gasteiger partial charge is 0.507 e. The average molecular weight is 435 g/mol. The molecule has 1 aromatic heterocycles. The fourth-order valence-corrected chi connectivity index (χ4v) is 3.25. The van der Waals surface area contributed by atoms with Crippen molar-refractivity contribution in [2.75, 3.05) is 5.43 Å². The molecule has 0 amide bonds. The molecule has 3 N–H and O–H groups in total. The van der Waals surface area contributed by atoms with Gasteiger partial charge in [0.2, 0.25) is 5.95 Å². The van der Waals surface area contributed by atoms with Crippen molar-refractivity contribution in [3.8, 4) is 17.0 Å². The lowest BCUT2D eigenvalue weighted by atomic mass is 10.0. The van der Waals surface area contributed by atoms with Gasteiger partial charge in [0.25, 0.3) is 5.56 Å². The lowest BCUT2D eigenvalue weighted by Crippen LogP contribution is -2.10. The van der Waals surface area contributed by atoms with Crippen LogP contribution >= 0.6 is 15.9 Å². The first-order valence-corrected chi connectivity index (χ1v) is 9.26. The Morgan fingerprint density at radius 1 is 1.07 bits per heavy atom. The summed E-state index contributed by atoms with van der Waals surface area (Å²) >= 11 is 3.44. The van der Waals surface area contributed by atoms with Crippen LogP contribution in [0.25, 0.3) is 22.0 Å². The Balaban J connectivity index is 1.64. The number of halogens is 1. The van der Waals surface area contributed by atoms with E-state index in [1.807, 2.05) is 54.6 Å². The lowest BCUT2D eigenvalue weighted by molar-refractivity contribution is 0.475. The molecule has 138 valence electrons. The molecule has 0 aliphatic rings. The molecule has 7 heteroatoms. The summed E-state index contributed by atoms with van der Waals surface area (Å²) in [5.74, 6) is 0.324. The predicted molar refractivity (Wildman–Crippen MR) is 115 cm³/mol. The van der Waals surface area contributed by atoms with E-state index in [4.69, 9.17) is 0 Å². The first-order chi connectivity index (χ1) is 13.6. The lowest BCUT2D eigenvalue weighted by Gasteiger charge is -2.06. The molecule has 4 rings (SSSR count). The van der Waals surface area contributed by atoms with Gasteiger partial charge in [-0.25, -0.2) is 10.4 Å². The van der Waals surface area contributed by atoms with Crippen LogP contribution < -0.4 is 11.0 Å². The molecule has 3 aromatic carbocycles. The molecule has 0 aliphatic carbocycles. The fraction of sp³-hybridized carbons (Fsp3) is 0. The van der Waals surface area contributed by atoms with E-state index in [2.05, 4.69) is 36.4 Å². The van der Waals surface area contributed by atoms with Crippen LogP contribution in [0.1, 0.15) is 5.56 Å². The van der Waals surface area contributed by atoms with Crippen molar-refractivity contribution in [3.63, 3.8) is 0 Å². The summed E-state index contributed by atoms with van der Waals surface area (Å²) in [7, 11) is 0. The van der Waals surface area contributed by atoms with Gasteiger partial charge in [-0.2, -0.15) is 5.10 Å². The molecule has 0 atom stereocenters. The number of fused-ring (bicyclic) bond motifs is 1. The first-order valence-electron chi connectivity index (χ1n) is 8.47. The third-order valence-electron chi connectivity index (χ3n) is 4.18. The standard InChI is InChI=1S/C21H15BrN4O2/c22-15-7-8-16-14(10-15)6-9-19(27)17(16)12-23-26-21-24-18(11-20(28)25-21)13-4-2-1-3-5-13/h1-12,27H,(H2,24,25,26,28)/b23-12-. The number of nitrogens with one attached hydrogen (secondary N) is 2. The van der Waals surface area contributed by atoms with Crippen LogP contribution in [0.15, 0.2) is 81.1 Å². The first kappa shape index (κ1) is 17.9. The van der Waals surface area contributed by atoms with Crippen molar-refractivity contribution in [3.05, 3.63) is 87.1 Å². The van der Waals surface area contributed by atoms with Crippen molar-refractivity contribution in [1.29, 1.82) is 0 Å². The summed E-state index contributed by atoms with van der Waals surface area (Å²) in [4.78, 5) is 18.9. The van der Waals surface area contributed by atoms with Gasteiger partial charge in [0.15, 0.2) is 0 Å². The van der Waals surface area contributed by atoms with Gasteiger partial charge < -0.3 is 5.11 Å². The number of hydrogen-bond donors (Lipinski definition) is 3. The molecule has 0 bridgehead atoms. The molecular weight excluding hydrogens is 420 g/mol. The third-order valence-corrected chi connectivity index (χ3v) is 4.67. The van der Waals surface area contributed by atoms with Gasteiger partial charge >= 0.3 is 0 Å². The van der Waals surface area contributed by atoms with Gasteiger partial charge in [-0.3, -0.25) is 9.78 Å². The Hall–Kier alpha value is -3.45. The van der Waals surface area contributed by atoms with Crippen LogP contribution in [0, 0.1) is 0 Å². The Kier molecular flexibility index (Phi) is 4.90. The molecule has 0 saturated carbocycles. The molecule has 0 fully saturated rings. The van der Waals surface area contributed by atoms with Crippen molar-refractivity contribution >= 4 is 38.9 Å². The highest BCUT2D eigenvalue weighted by molar-refractivity contribution is 9.10. The van der Waals surface area contributed by atoms with Gasteiger partial charge in [0.1, 0.15) is 5.75 Å². The number of benzene rings is 3. The van der Waals surface area contributed by atoms with E-state index in [1.165, 1.54) is 12.3 Å². The average Bonchev–Trinajstić information content (AvgIpc) is 2.70. The van der Waals surface area contributed by atoms with Gasteiger partial charge in [0, 0.05) is 21.7 Å². The van der Waals surface area contributed by atoms with Crippen LogP contribution in [0.4, 0.5) is 5.95 Å². The Labute approximate surface area is 168 Å². The maximum atomic E-state index is 11.9. The molecule has 4 aromatic rings. The minimum atomic E-state index is -0.288. The van der Waals surface area contributed by atoms with Crippen LogP contribution in [0.3, 0.4) is 0 Å². The van der Waals surface area contributed by atoms with E-state index in [-0.39, 0.29) is 17.3 Å². The maximum absolute atomic E-state index is 11.9. The third kappa shape index (κ3) is 3.79. The maximum Gasteiger partial charge on any atom is 0.252 e. The summed E-state index contributed by atoms with van der Waals surface area (Å²) in [5, 5.41) is 16.2. The summed E-state index contributed by atoms with van der Waals surface area (Å²) in [6.07, 6.45) is 1.50. The topological polar surface area (TPSA) is 90.4 Å². The number of phenols is 1. The van der Waals surface area contributed by atoms with E-state index in [0.29, 0.717) is 11.3 Å². The van der Waals surface area contributed by atoms with Gasteiger partial charge in [0.05, 0.1) is 11.9 Å². The fourth-order valence-electron chi connectivity index (χ4n) is 2.87. The van der Waals surface area contributed by atoms with E-state index in [1.54, 1.807) is 6.07 Å². The molecule has 0 radical (unpaired) electrons.